The number of hydrogen-bond donors (Lipinski definition) is 1. The first kappa shape index (κ1) is 18.4. The van der Waals surface area contributed by atoms with Gasteiger partial charge in [0.2, 0.25) is 0 Å². The highest BCUT2D eigenvalue weighted by Gasteiger charge is 2.30. The van der Waals surface area contributed by atoms with Gasteiger partial charge in [0.15, 0.2) is 15.5 Å². The number of fused-ring (bicyclic) bond motifs is 1. The first-order chi connectivity index (χ1) is 13.3. The zero-order chi connectivity index (χ0) is 19.9. The smallest absolute Gasteiger partial charge is 0.276 e. The highest BCUT2D eigenvalue weighted by molar-refractivity contribution is 7.90. The molecular weight excluding hydrogens is 378 g/mol. The molecule has 9 heteroatoms. The summed E-state index contributed by atoms with van der Waals surface area (Å²) in [5.74, 6) is -0.485. The van der Waals surface area contributed by atoms with Crippen LogP contribution < -0.4 is 5.32 Å². The first-order valence-corrected chi connectivity index (χ1v) is 10.8. The van der Waals surface area contributed by atoms with Crippen LogP contribution in [0.2, 0.25) is 0 Å². The quantitative estimate of drug-likeness (QED) is 0.720. The molecule has 146 valence electrons. The third kappa shape index (κ3) is 3.70. The normalized spacial score (nSPS) is 15.2. The summed E-state index contributed by atoms with van der Waals surface area (Å²) in [4.78, 5) is 12.7. The second-order valence-corrected chi connectivity index (χ2v) is 9.29. The number of anilines is 1. The van der Waals surface area contributed by atoms with E-state index in [2.05, 4.69) is 15.5 Å². The van der Waals surface area contributed by atoms with E-state index < -0.39 is 15.7 Å². The van der Waals surface area contributed by atoms with Crippen LogP contribution in [0.25, 0.3) is 0 Å². The lowest BCUT2D eigenvalue weighted by atomic mass is 10.1. The van der Waals surface area contributed by atoms with E-state index >= 15 is 0 Å². The van der Waals surface area contributed by atoms with Gasteiger partial charge in [0.25, 0.3) is 5.91 Å². The fraction of sp³-hybridized carbons (Fsp3) is 0.316. The Balaban J connectivity index is 1.51. The number of carbonyl (C=O) groups excluding carboxylic acids is 1. The van der Waals surface area contributed by atoms with Crippen molar-refractivity contribution < 1.29 is 13.2 Å². The molecule has 0 spiro atoms. The second kappa shape index (κ2) is 6.90. The number of nitrogens with one attached hydrogen (secondary N) is 1. The van der Waals surface area contributed by atoms with Gasteiger partial charge in [-0.15, -0.1) is 0 Å². The van der Waals surface area contributed by atoms with Crippen molar-refractivity contribution in [2.45, 2.75) is 25.6 Å². The van der Waals surface area contributed by atoms with Gasteiger partial charge in [0.05, 0.1) is 29.9 Å². The zero-order valence-electron chi connectivity index (χ0n) is 15.7. The second-order valence-electron chi connectivity index (χ2n) is 7.11. The number of benzene rings is 1. The van der Waals surface area contributed by atoms with Gasteiger partial charge in [-0.25, -0.2) is 8.42 Å². The lowest BCUT2D eigenvalue weighted by Gasteiger charge is -2.13. The fourth-order valence-electron chi connectivity index (χ4n) is 3.38. The van der Waals surface area contributed by atoms with Crippen molar-refractivity contribution >= 4 is 21.4 Å². The van der Waals surface area contributed by atoms with E-state index in [0.717, 1.165) is 11.3 Å². The molecule has 0 fully saturated rings. The van der Waals surface area contributed by atoms with Gasteiger partial charge >= 0.3 is 0 Å². The van der Waals surface area contributed by atoms with Crippen LogP contribution in [-0.2, 0) is 35.6 Å². The summed E-state index contributed by atoms with van der Waals surface area (Å²) < 4.78 is 27.3. The lowest BCUT2D eigenvalue weighted by molar-refractivity contribution is 0.102. The number of nitrogens with zero attached hydrogens (tertiary/aromatic N) is 4. The fourth-order valence-corrected chi connectivity index (χ4v) is 4.77. The molecule has 0 saturated heterocycles. The molecule has 0 unspecified atom stereocenters. The molecule has 1 amide bonds. The molecule has 1 aromatic carbocycles. The SMILES string of the molecule is Cc1ccc(Cn2cc(NC(=O)c3nn(C)c4c3CS(=O)(=O)CC4)cn2)cc1. The third-order valence-electron chi connectivity index (χ3n) is 4.86. The predicted octanol–water partition coefficient (Wildman–Crippen LogP) is 1.70. The lowest BCUT2D eigenvalue weighted by Crippen LogP contribution is -2.22. The summed E-state index contributed by atoms with van der Waals surface area (Å²) in [6.07, 6.45) is 3.69. The van der Waals surface area contributed by atoms with Gasteiger partial charge in [-0.3, -0.25) is 14.2 Å². The maximum Gasteiger partial charge on any atom is 0.276 e. The summed E-state index contributed by atoms with van der Waals surface area (Å²) in [7, 11) is -1.47. The molecule has 0 saturated carbocycles. The van der Waals surface area contributed by atoms with Gasteiger partial charge in [-0.2, -0.15) is 10.2 Å². The van der Waals surface area contributed by atoms with Crippen LogP contribution in [0, 0.1) is 6.92 Å². The average molecular weight is 399 g/mol. The molecule has 0 radical (unpaired) electrons. The maximum atomic E-state index is 12.7. The first-order valence-electron chi connectivity index (χ1n) is 8.95. The highest BCUT2D eigenvalue weighted by Crippen LogP contribution is 2.24. The third-order valence-corrected chi connectivity index (χ3v) is 6.41. The van der Waals surface area contributed by atoms with Crippen molar-refractivity contribution in [1.29, 1.82) is 0 Å². The summed E-state index contributed by atoms with van der Waals surface area (Å²) in [5.41, 5.74) is 4.30. The highest BCUT2D eigenvalue weighted by atomic mass is 32.2. The number of hydrogen-bond acceptors (Lipinski definition) is 5. The van der Waals surface area contributed by atoms with Gasteiger partial charge < -0.3 is 5.32 Å². The van der Waals surface area contributed by atoms with Crippen LogP contribution in [0.3, 0.4) is 0 Å². The minimum absolute atomic E-state index is 0.0897. The molecule has 3 heterocycles. The van der Waals surface area contributed by atoms with Gasteiger partial charge in [-0.05, 0) is 12.5 Å². The summed E-state index contributed by atoms with van der Waals surface area (Å²) >= 11 is 0. The van der Waals surface area contributed by atoms with Gasteiger partial charge in [0, 0.05) is 30.9 Å². The van der Waals surface area contributed by atoms with Gasteiger partial charge in [0.1, 0.15) is 0 Å². The molecule has 1 aliphatic rings. The minimum atomic E-state index is -3.20. The standard InChI is InChI=1S/C19H21N5O3S/c1-13-3-5-14(6-4-13)10-24-11-15(9-20-24)21-19(25)18-16-12-28(26,27)8-7-17(16)23(2)22-18/h3-6,9,11H,7-8,10,12H2,1-2H3,(H,21,25). The van der Waals surface area contributed by atoms with Crippen molar-refractivity contribution in [3.05, 3.63) is 64.7 Å². The van der Waals surface area contributed by atoms with Crippen molar-refractivity contribution in [3.63, 3.8) is 0 Å². The monoisotopic (exact) mass is 399 g/mol. The van der Waals surface area contributed by atoms with E-state index in [9.17, 15) is 13.2 Å². The number of aryl methyl sites for hydroxylation is 2. The van der Waals surface area contributed by atoms with E-state index in [1.165, 1.54) is 5.56 Å². The Labute approximate surface area is 163 Å². The summed E-state index contributed by atoms with van der Waals surface area (Å²) in [6, 6.07) is 8.16. The van der Waals surface area contributed by atoms with Crippen LogP contribution in [0.4, 0.5) is 5.69 Å². The number of rotatable bonds is 4. The van der Waals surface area contributed by atoms with Crippen LogP contribution >= 0.6 is 0 Å². The number of amides is 1. The summed E-state index contributed by atoms with van der Waals surface area (Å²) in [5, 5.41) is 11.3. The zero-order valence-corrected chi connectivity index (χ0v) is 16.5. The van der Waals surface area contributed by atoms with Crippen LogP contribution in [0.5, 0.6) is 0 Å². The number of aromatic nitrogens is 4. The molecular formula is C19H21N5O3S. The molecule has 2 aromatic heterocycles. The Hall–Kier alpha value is -2.94. The average Bonchev–Trinajstić information content (AvgIpc) is 3.20. The van der Waals surface area contributed by atoms with E-state index in [0.29, 0.717) is 24.2 Å². The van der Waals surface area contributed by atoms with Crippen LogP contribution in [0.15, 0.2) is 36.7 Å². The molecule has 28 heavy (non-hydrogen) atoms. The Morgan fingerprint density at radius 1 is 1.25 bits per heavy atom. The number of carbonyl (C=O) groups is 1. The molecule has 0 atom stereocenters. The van der Waals surface area contributed by atoms with Crippen molar-refractivity contribution in [3.8, 4) is 0 Å². The molecule has 1 N–H and O–H groups in total. The molecule has 3 aromatic rings. The van der Waals surface area contributed by atoms with E-state index in [1.54, 1.807) is 28.8 Å². The molecule has 8 nitrogen and oxygen atoms in total. The molecule has 4 rings (SSSR count). The van der Waals surface area contributed by atoms with Gasteiger partial charge in [-0.1, -0.05) is 29.8 Å². The van der Waals surface area contributed by atoms with E-state index in [1.807, 2.05) is 31.2 Å². The Bertz CT molecular complexity index is 1140. The van der Waals surface area contributed by atoms with Crippen molar-refractivity contribution in [2.24, 2.45) is 7.05 Å². The molecule has 0 bridgehead atoms. The summed E-state index contributed by atoms with van der Waals surface area (Å²) in [6.45, 7) is 2.63. The Morgan fingerprint density at radius 3 is 2.75 bits per heavy atom. The van der Waals surface area contributed by atoms with Crippen LogP contribution in [0.1, 0.15) is 32.9 Å². The predicted molar refractivity (Wildman–Crippen MR) is 105 cm³/mol. The van der Waals surface area contributed by atoms with E-state index in [-0.39, 0.29) is 17.2 Å². The topological polar surface area (TPSA) is 98.9 Å². The number of sulfone groups is 1. The largest absolute Gasteiger partial charge is 0.318 e. The van der Waals surface area contributed by atoms with E-state index in [4.69, 9.17) is 0 Å². The maximum absolute atomic E-state index is 12.7. The minimum Gasteiger partial charge on any atom is -0.318 e. The van der Waals surface area contributed by atoms with Crippen LogP contribution in [-0.4, -0.2) is 39.6 Å². The molecule has 1 aliphatic heterocycles. The van der Waals surface area contributed by atoms with Crippen molar-refractivity contribution in [2.75, 3.05) is 11.1 Å². The van der Waals surface area contributed by atoms with Crippen molar-refractivity contribution in [1.82, 2.24) is 19.6 Å². The Morgan fingerprint density at radius 2 is 2.00 bits per heavy atom. The molecule has 0 aliphatic carbocycles. The Kier molecular flexibility index (Phi) is 4.54.